The van der Waals surface area contributed by atoms with Crippen molar-refractivity contribution in [2.75, 3.05) is 27.3 Å². The van der Waals surface area contributed by atoms with Crippen LogP contribution in [0.15, 0.2) is 12.1 Å². The molecule has 0 amide bonds. The lowest BCUT2D eigenvalue weighted by Crippen LogP contribution is -2.72. The van der Waals surface area contributed by atoms with Crippen molar-refractivity contribution in [1.82, 2.24) is 4.90 Å². The predicted molar refractivity (Wildman–Crippen MR) is 94.4 cm³/mol. The van der Waals surface area contributed by atoms with Crippen LogP contribution in [0.5, 0.6) is 11.5 Å². The number of aliphatic hydroxyl groups is 1. The van der Waals surface area contributed by atoms with Gasteiger partial charge in [-0.25, -0.2) is 0 Å². The van der Waals surface area contributed by atoms with E-state index in [0.29, 0.717) is 31.6 Å². The van der Waals surface area contributed by atoms with E-state index >= 15 is 0 Å². The van der Waals surface area contributed by atoms with Crippen molar-refractivity contribution in [3.63, 3.8) is 0 Å². The van der Waals surface area contributed by atoms with E-state index in [2.05, 4.69) is 18.0 Å². The average molecular weight is 345 g/mol. The van der Waals surface area contributed by atoms with Crippen LogP contribution in [0, 0.1) is 0 Å². The maximum atomic E-state index is 12.5. The minimum Gasteiger partial charge on any atom is -0.493 e. The zero-order valence-electron chi connectivity index (χ0n) is 15.3. The second kappa shape index (κ2) is 5.71. The summed E-state index contributed by atoms with van der Waals surface area (Å²) in [6.45, 7) is 3.36. The number of nitrogens with zero attached hydrogens (tertiary/aromatic N) is 1. The fraction of sp³-hybridized carbons (Fsp3) is 0.650. The van der Waals surface area contributed by atoms with Gasteiger partial charge in [0.25, 0.3) is 0 Å². The Bertz CT molecular complexity index is 718. The van der Waals surface area contributed by atoms with Gasteiger partial charge in [-0.3, -0.25) is 4.79 Å². The van der Waals surface area contributed by atoms with Crippen molar-refractivity contribution in [1.29, 1.82) is 0 Å². The maximum absolute atomic E-state index is 12.5. The molecule has 136 valence electrons. The molecule has 4 rings (SSSR count). The van der Waals surface area contributed by atoms with Crippen LogP contribution < -0.4 is 9.47 Å². The molecule has 1 saturated carbocycles. The molecular weight excluding hydrogens is 318 g/mol. The van der Waals surface area contributed by atoms with Gasteiger partial charge in [0.2, 0.25) is 0 Å². The quantitative estimate of drug-likeness (QED) is 0.909. The number of hydrogen-bond donors (Lipinski definition) is 1. The number of likely N-dealkylation sites (N-methyl/N-ethyl adjacent to an activating group) is 1. The number of methoxy groups -OCH3 is 1. The third-order valence-electron chi connectivity index (χ3n) is 6.70. The number of rotatable bonds is 3. The molecule has 3 atom stereocenters. The van der Waals surface area contributed by atoms with Gasteiger partial charge >= 0.3 is 0 Å². The van der Waals surface area contributed by atoms with Crippen LogP contribution in [0.1, 0.15) is 43.7 Å². The van der Waals surface area contributed by atoms with Crippen LogP contribution in [0.3, 0.4) is 0 Å². The first kappa shape index (κ1) is 16.9. The number of ether oxygens (including phenoxy) is 2. The molecule has 0 aromatic heterocycles. The van der Waals surface area contributed by atoms with Gasteiger partial charge in [0.1, 0.15) is 5.78 Å². The molecule has 2 aliphatic carbocycles. The molecule has 25 heavy (non-hydrogen) atoms. The Kier molecular flexibility index (Phi) is 3.85. The van der Waals surface area contributed by atoms with Crippen molar-refractivity contribution in [2.24, 2.45) is 0 Å². The summed E-state index contributed by atoms with van der Waals surface area (Å²) in [5, 5.41) is 11.9. The molecule has 0 unspecified atom stereocenters. The summed E-state index contributed by atoms with van der Waals surface area (Å²) < 4.78 is 11.6. The zero-order valence-corrected chi connectivity index (χ0v) is 15.3. The Hall–Kier alpha value is -1.59. The molecule has 5 nitrogen and oxygen atoms in total. The lowest BCUT2D eigenvalue weighted by molar-refractivity contribution is -0.169. The Morgan fingerprint density at radius 3 is 2.88 bits per heavy atom. The van der Waals surface area contributed by atoms with Crippen LogP contribution in [-0.2, 0) is 16.6 Å². The minimum absolute atomic E-state index is 0.0460. The van der Waals surface area contributed by atoms with Crippen LogP contribution in [0.25, 0.3) is 0 Å². The van der Waals surface area contributed by atoms with Crippen molar-refractivity contribution < 1.29 is 19.4 Å². The Balaban J connectivity index is 2.00. The number of ketones is 1. The Morgan fingerprint density at radius 2 is 2.16 bits per heavy atom. The zero-order chi connectivity index (χ0) is 17.8. The molecule has 1 heterocycles. The Labute approximate surface area is 148 Å². The second-order valence-corrected chi connectivity index (χ2v) is 7.74. The largest absolute Gasteiger partial charge is 0.493 e. The van der Waals surface area contributed by atoms with Gasteiger partial charge < -0.3 is 19.5 Å². The summed E-state index contributed by atoms with van der Waals surface area (Å²) in [5.41, 5.74) is 0.749. The second-order valence-electron chi connectivity index (χ2n) is 7.74. The van der Waals surface area contributed by atoms with Crippen molar-refractivity contribution in [2.45, 2.75) is 56.1 Å². The highest BCUT2D eigenvalue weighted by Gasteiger charge is 2.65. The highest BCUT2D eigenvalue weighted by molar-refractivity contribution is 5.83. The normalized spacial score (nSPS) is 34.2. The van der Waals surface area contributed by atoms with Gasteiger partial charge in [-0.15, -0.1) is 0 Å². The molecule has 5 heteroatoms. The summed E-state index contributed by atoms with van der Waals surface area (Å²) in [6, 6.07) is 4.08. The van der Waals surface area contributed by atoms with E-state index in [1.807, 2.05) is 13.0 Å². The molecule has 2 fully saturated rings. The number of piperidine rings is 1. The lowest BCUT2D eigenvalue weighted by atomic mass is 9.49. The van der Waals surface area contributed by atoms with Gasteiger partial charge in [-0.05, 0) is 51.4 Å². The number of fused-ring (bicyclic) bond motifs is 1. The summed E-state index contributed by atoms with van der Waals surface area (Å²) >= 11 is 0. The molecule has 1 saturated heterocycles. The van der Waals surface area contributed by atoms with Crippen LogP contribution >= 0.6 is 0 Å². The third-order valence-corrected chi connectivity index (χ3v) is 6.70. The van der Waals surface area contributed by atoms with Crippen LogP contribution in [0.4, 0.5) is 0 Å². The summed E-state index contributed by atoms with van der Waals surface area (Å²) in [6.07, 6.45) is 2.94. The van der Waals surface area contributed by atoms with E-state index in [1.54, 1.807) is 7.11 Å². The van der Waals surface area contributed by atoms with E-state index in [4.69, 9.17) is 9.47 Å². The Morgan fingerprint density at radius 1 is 1.36 bits per heavy atom. The molecule has 0 spiro atoms. The molecule has 1 aromatic carbocycles. The van der Waals surface area contributed by atoms with E-state index in [-0.39, 0.29) is 11.8 Å². The van der Waals surface area contributed by atoms with Gasteiger partial charge in [0.05, 0.1) is 19.3 Å². The van der Waals surface area contributed by atoms with E-state index in [1.165, 1.54) is 5.56 Å². The first-order valence-corrected chi connectivity index (χ1v) is 9.24. The summed E-state index contributed by atoms with van der Waals surface area (Å²) in [7, 11) is 3.72. The highest BCUT2D eigenvalue weighted by Crippen LogP contribution is 2.60. The van der Waals surface area contributed by atoms with Crippen molar-refractivity contribution in [3.8, 4) is 11.5 Å². The summed E-state index contributed by atoms with van der Waals surface area (Å²) in [5.74, 6) is 1.65. The fourth-order valence-corrected chi connectivity index (χ4v) is 5.54. The SMILES string of the molecule is CCOc1c(OC)ccc2c1[C@]13CCN(C)[C@@H](C2)[C@]1(O)CCC(=O)C3. The molecule has 0 radical (unpaired) electrons. The van der Waals surface area contributed by atoms with Crippen molar-refractivity contribution in [3.05, 3.63) is 23.3 Å². The average Bonchev–Trinajstić information content (AvgIpc) is 2.59. The first-order chi connectivity index (χ1) is 12.0. The number of Topliss-reactive ketones (excluding diaryl/α,β-unsaturated/α-hetero) is 1. The number of carbonyl (C=O) groups excluding carboxylic acids is 1. The van der Waals surface area contributed by atoms with Gasteiger partial charge in [0, 0.05) is 29.9 Å². The van der Waals surface area contributed by atoms with Crippen LogP contribution in [-0.4, -0.2) is 54.7 Å². The smallest absolute Gasteiger partial charge is 0.165 e. The standard InChI is InChI=1S/C20H27NO4/c1-4-25-18-15(24-3)6-5-13-11-16-20(23)8-7-14(22)12-19(20,17(13)18)9-10-21(16)2/h5-6,16,23H,4,7-12H2,1-3H3/t16-,19+,20+/m0/s1. The van der Waals surface area contributed by atoms with Crippen LogP contribution in [0.2, 0.25) is 0 Å². The third kappa shape index (κ3) is 2.12. The molecule has 1 N–H and O–H groups in total. The molecule has 3 aliphatic rings. The number of carbonyl (C=O) groups is 1. The van der Waals surface area contributed by atoms with E-state index < -0.39 is 11.0 Å². The predicted octanol–water partition coefficient (Wildman–Crippen LogP) is 2.08. The van der Waals surface area contributed by atoms with Gasteiger partial charge in [-0.1, -0.05) is 6.07 Å². The first-order valence-electron chi connectivity index (χ1n) is 9.24. The number of benzene rings is 1. The molecule has 2 bridgehead atoms. The molecule has 1 aromatic rings. The lowest BCUT2D eigenvalue weighted by Gasteiger charge is -2.63. The molecule has 1 aliphatic heterocycles. The number of hydrogen-bond acceptors (Lipinski definition) is 5. The minimum atomic E-state index is -0.890. The number of likely N-dealkylation sites (tertiary alicyclic amines) is 1. The van der Waals surface area contributed by atoms with Gasteiger partial charge in [0.15, 0.2) is 11.5 Å². The molecular formula is C20H27NO4. The monoisotopic (exact) mass is 345 g/mol. The summed E-state index contributed by atoms with van der Waals surface area (Å²) in [4.78, 5) is 14.7. The van der Waals surface area contributed by atoms with E-state index in [9.17, 15) is 9.90 Å². The maximum Gasteiger partial charge on any atom is 0.165 e. The van der Waals surface area contributed by atoms with Gasteiger partial charge in [-0.2, -0.15) is 0 Å². The van der Waals surface area contributed by atoms with E-state index in [0.717, 1.165) is 30.7 Å². The van der Waals surface area contributed by atoms with Crippen molar-refractivity contribution >= 4 is 5.78 Å². The topological polar surface area (TPSA) is 59.0 Å². The highest BCUT2D eigenvalue weighted by atomic mass is 16.5. The fourth-order valence-electron chi connectivity index (χ4n) is 5.54.